The molecule has 0 unspecified atom stereocenters. The van der Waals surface area contributed by atoms with Gasteiger partial charge >= 0.3 is 0 Å². The summed E-state index contributed by atoms with van der Waals surface area (Å²) in [5.74, 6) is 1.31. The van der Waals surface area contributed by atoms with Crippen molar-refractivity contribution in [2.45, 2.75) is 13.5 Å². The average molecular weight is 367 g/mol. The van der Waals surface area contributed by atoms with Crippen molar-refractivity contribution in [2.24, 2.45) is 0 Å². The standard InChI is InChI=1S/C23H21N5/c1-17-9-11-20(12-10-17)26-23-27-21(19-7-3-2-4-8-19)14-22(28-23)25-16-18-6-5-13-24-15-18/h2-15H,16H2,1H3,(H2,25,26,27,28). The molecule has 2 aromatic heterocycles. The lowest BCUT2D eigenvalue weighted by Crippen LogP contribution is -2.05. The largest absolute Gasteiger partial charge is 0.366 e. The molecule has 4 rings (SSSR count). The van der Waals surface area contributed by atoms with Crippen molar-refractivity contribution in [3.8, 4) is 11.3 Å². The number of benzene rings is 2. The maximum Gasteiger partial charge on any atom is 0.229 e. The molecule has 0 aliphatic carbocycles. The molecule has 28 heavy (non-hydrogen) atoms. The molecule has 5 nitrogen and oxygen atoms in total. The maximum atomic E-state index is 4.70. The van der Waals surface area contributed by atoms with Crippen LogP contribution in [0, 0.1) is 6.92 Å². The van der Waals surface area contributed by atoms with Gasteiger partial charge in [-0.2, -0.15) is 4.98 Å². The monoisotopic (exact) mass is 367 g/mol. The van der Waals surface area contributed by atoms with Gasteiger partial charge in [-0.05, 0) is 30.7 Å². The number of hydrogen-bond donors (Lipinski definition) is 2. The van der Waals surface area contributed by atoms with E-state index in [1.165, 1.54) is 5.56 Å². The number of aryl methyl sites for hydroxylation is 1. The quantitative estimate of drug-likeness (QED) is 0.490. The fourth-order valence-corrected chi connectivity index (χ4v) is 2.81. The van der Waals surface area contributed by atoms with Crippen molar-refractivity contribution < 1.29 is 0 Å². The van der Waals surface area contributed by atoms with Crippen molar-refractivity contribution in [1.82, 2.24) is 15.0 Å². The fourth-order valence-electron chi connectivity index (χ4n) is 2.81. The summed E-state index contributed by atoms with van der Waals surface area (Å²) in [6.45, 7) is 2.71. The van der Waals surface area contributed by atoms with Gasteiger partial charge in [0.05, 0.1) is 5.69 Å². The highest BCUT2D eigenvalue weighted by atomic mass is 15.1. The molecule has 0 atom stereocenters. The van der Waals surface area contributed by atoms with Crippen LogP contribution in [0.4, 0.5) is 17.5 Å². The van der Waals surface area contributed by atoms with Crippen LogP contribution < -0.4 is 10.6 Å². The average Bonchev–Trinajstić information content (AvgIpc) is 2.75. The predicted octanol–water partition coefficient (Wildman–Crippen LogP) is 5.20. The van der Waals surface area contributed by atoms with E-state index in [4.69, 9.17) is 4.98 Å². The summed E-state index contributed by atoms with van der Waals surface area (Å²) in [6, 6.07) is 24.2. The number of nitrogens with zero attached hydrogens (tertiary/aromatic N) is 3. The number of pyridine rings is 1. The summed E-state index contributed by atoms with van der Waals surface area (Å²) in [7, 11) is 0. The van der Waals surface area contributed by atoms with Gasteiger partial charge in [-0.15, -0.1) is 0 Å². The molecule has 0 radical (unpaired) electrons. The molecule has 2 N–H and O–H groups in total. The number of anilines is 3. The van der Waals surface area contributed by atoms with Gasteiger partial charge in [0.15, 0.2) is 0 Å². The summed E-state index contributed by atoms with van der Waals surface area (Å²) in [4.78, 5) is 13.5. The zero-order valence-electron chi connectivity index (χ0n) is 15.6. The topological polar surface area (TPSA) is 62.7 Å². The van der Waals surface area contributed by atoms with E-state index in [9.17, 15) is 0 Å². The minimum absolute atomic E-state index is 0.555. The summed E-state index contributed by atoms with van der Waals surface area (Å²) in [5, 5.41) is 6.68. The first-order valence-electron chi connectivity index (χ1n) is 9.17. The van der Waals surface area contributed by atoms with Crippen molar-refractivity contribution in [3.63, 3.8) is 0 Å². The number of hydrogen-bond acceptors (Lipinski definition) is 5. The Morgan fingerprint density at radius 3 is 2.43 bits per heavy atom. The Bertz CT molecular complexity index is 1030. The van der Waals surface area contributed by atoms with E-state index in [-0.39, 0.29) is 0 Å². The van der Waals surface area contributed by atoms with E-state index in [2.05, 4.69) is 39.7 Å². The van der Waals surface area contributed by atoms with E-state index in [0.29, 0.717) is 12.5 Å². The van der Waals surface area contributed by atoms with Crippen LogP contribution in [0.1, 0.15) is 11.1 Å². The molecule has 138 valence electrons. The highest BCUT2D eigenvalue weighted by molar-refractivity contribution is 5.66. The van der Waals surface area contributed by atoms with Gasteiger partial charge in [0.1, 0.15) is 5.82 Å². The predicted molar refractivity (Wildman–Crippen MR) is 113 cm³/mol. The van der Waals surface area contributed by atoms with Crippen LogP contribution in [0.2, 0.25) is 0 Å². The minimum Gasteiger partial charge on any atom is -0.366 e. The zero-order chi connectivity index (χ0) is 19.2. The molecule has 0 spiro atoms. The highest BCUT2D eigenvalue weighted by Crippen LogP contribution is 2.23. The summed E-state index contributed by atoms with van der Waals surface area (Å²) in [6.07, 6.45) is 3.61. The van der Waals surface area contributed by atoms with E-state index >= 15 is 0 Å². The molecule has 0 saturated heterocycles. The molecule has 2 aromatic carbocycles. The van der Waals surface area contributed by atoms with Gasteiger partial charge < -0.3 is 10.6 Å². The first-order valence-corrected chi connectivity index (χ1v) is 9.17. The van der Waals surface area contributed by atoms with Crippen molar-refractivity contribution in [1.29, 1.82) is 0 Å². The van der Waals surface area contributed by atoms with Gasteiger partial charge in [0.25, 0.3) is 0 Å². The van der Waals surface area contributed by atoms with E-state index < -0.39 is 0 Å². The zero-order valence-corrected chi connectivity index (χ0v) is 15.6. The van der Waals surface area contributed by atoms with Crippen LogP contribution in [0.3, 0.4) is 0 Å². The third-order valence-electron chi connectivity index (χ3n) is 4.30. The molecule has 0 fully saturated rings. The van der Waals surface area contributed by atoms with Crippen molar-refractivity contribution >= 4 is 17.5 Å². The number of rotatable bonds is 6. The lowest BCUT2D eigenvalue weighted by molar-refractivity contribution is 1.07. The second-order valence-electron chi connectivity index (χ2n) is 6.53. The maximum absolute atomic E-state index is 4.70. The van der Waals surface area contributed by atoms with Crippen LogP contribution in [-0.2, 0) is 6.54 Å². The summed E-state index contributed by atoms with van der Waals surface area (Å²) < 4.78 is 0. The Balaban J connectivity index is 1.63. The molecule has 0 bridgehead atoms. The van der Waals surface area contributed by atoms with Gasteiger partial charge in [0.2, 0.25) is 5.95 Å². The normalized spacial score (nSPS) is 10.5. The smallest absolute Gasteiger partial charge is 0.229 e. The molecular formula is C23H21N5. The molecule has 5 heteroatoms. The van der Waals surface area contributed by atoms with Crippen LogP contribution in [0.15, 0.2) is 85.2 Å². The van der Waals surface area contributed by atoms with Crippen molar-refractivity contribution in [2.75, 3.05) is 10.6 Å². The van der Waals surface area contributed by atoms with Crippen LogP contribution in [-0.4, -0.2) is 15.0 Å². The van der Waals surface area contributed by atoms with Crippen molar-refractivity contribution in [3.05, 3.63) is 96.3 Å². The Morgan fingerprint density at radius 2 is 1.68 bits per heavy atom. The lowest BCUT2D eigenvalue weighted by atomic mass is 10.1. The first kappa shape index (κ1) is 17.7. The van der Waals surface area contributed by atoms with E-state index in [1.54, 1.807) is 6.20 Å². The highest BCUT2D eigenvalue weighted by Gasteiger charge is 2.07. The number of aromatic nitrogens is 3. The van der Waals surface area contributed by atoms with E-state index in [1.807, 2.05) is 66.9 Å². The number of nitrogens with one attached hydrogen (secondary N) is 2. The SMILES string of the molecule is Cc1ccc(Nc2nc(NCc3cccnc3)cc(-c3ccccc3)n2)cc1. The second-order valence-corrected chi connectivity index (χ2v) is 6.53. The Morgan fingerprint density at radius 1 is 0.857 bits per heavy atom. The Labute approximate surface area is 164 Å². The van der Waals surface area contributed by atoms with Crippen LogP contribution in [0.25, 0.3) is 11.3 Å². The summed E-state index contributed by atoms with van der Waals surface area (Å²) in [5.41, 5.74) is 5.16. The Kier molecular flexibility index (Phi) is 5.24. The molecule has 0 aliphatic rings. The molecule has 0 saturated carbocycles. The Hall–Kier alpha value is -3.73. The lowest BCUT2D eigenvalue weighted by Gasteiger charge is -2.12. The van der Waals surface area contributed by atoms with Gasteiger partial charge in [-0.3, -0.25) is 4.98 Å². The summed E-state index contributed by atoms with van der Waals surface area (Å²) >= 11 is 0. The third-order valence-corrected chi connectivity index (χ3v) is 4.30. The van der Waals surface area contributed by atoms with Crippen LogP contribution in [0.5, 0.6) is 0 Å². The molecule has 0 amide bonds. The molecular weight excluding hydrogens is 346 g/mol. The first-order chi connectivity index (χ1) is 13.8. The fraction of sp³-hybridized carbons (Fsp3) is 0.0870. The molecule has 4 aromatic rings. The van der Waals surface area contributed by atoms with Crippen LogP contribution >= 0.6 is 0 Å². The van der Waals surface area contributed by atoms with E-state index in [0.717, 1.165) is 28.3 Å². The molecule has 0 aliphatic heterocycles. The van der Waals surface area contributed by atoms with Gasteiger partial charge in [-0.1, -0.05) is 54.1 Å². The minimum atomic E-state index is 0.555. The molecule has 2 heterocycles. The van der Waals surface area contributed by atoms with Gasteiger partial charge in [0, 0.05) is 36.3 Å². The second kappa shape index (κ2) is 8.31. The third kappa shape index (κ3) is 4.51. The van der Waals surface area contributed by atoms with Gasteiger partial charge in [-0.25, -0.2) is 4.98 Å².